The summed E-state index contributed by atoms with van der Waals surface area (Å²) in [5.74, 6) is -10.2. The van der Waals surface area contributed by atoms with Gasteiger partial charge in [-0.3, -0.25) is 9.69 Å². The van der Waals surface area contributed by atoms with Gasteiger partial charge in [0, 0.05) is 44.6 Å². The number of piperidine rings is 1. The highest BCUT2D eigenvalue weighted by atomic mass is 19.4. The molecule has 1 aromatic rings. The van der Waals surface area contributed by atoms with Gasteiger partial charge in [0.05, 0.1) is 12.5 Å². The van der Waals surface area contributed by atoms with Crippen molar-refractivity contribution in [3.05, 3.63) is 34.4 Å². The lowest BCUT2D eigenvalue weighted by Crippen LogP contribution is -2.47. The number of likely N-dealkylation sites (tertiary alicyclic amines) is 1. The number of benzene rings is 1. The standard InChI is InChI=1S/C23H25F7N2O4/c24-16-14(17(25)19(27)15(18(16)26)23(28,29)30)10-31-7-5-22(6-8-31)11-32(21(35)36-22)9-12-1-3-13(4-2-12)20(33)34/h12-13H,1-11H2,(H,33,34). The van der Waals surface area contributed by atoms with Crippen molar-refractivity contribution in [2.75, 3.05) is 26.2 Å². The van der Waals surface area contributed by atoms with Gasteiger partial charge in [-0.2, -0.15) is 13.2 Å². The summed E-state index contributed by atoms with van der Waals surface area (Å²) in [7, 11) is 0. The first-order chi connectivity index (χ1) is 16.8. The van der Waals surface area contributed by atoms with Gasteiger partial charge in [-0.1, -0.05) is 0 Å². The molecule has 2 saturated heterocycles. The van der Waals surface area contributed by atoms with Gasteiger partial charge in [0.15, 0.2) is 23.3 Å². The lowest BCUT2D eigenvalue weighted by Gasteiger charge is -2.37. The molecule has 0 aromatic heterocycles. The Morgan fingerprint density at radius 1 is 0.972 bits per heavy atom. The quantitative estimate of drug-likeness (QED) is 0.435. The topological polar surface area (TPSA) is 70.1 Å². The molecule has 3 fully saturated rings. The average Bonchev–Trinajstić information content (AvgIpc) is 3.10. The fourth-order valence-electron chi connectivity index (χ4n) is 5.40. The van der Waals surface area contributed by atoms with Crippen LogP contribution in [0.1, 0.15) is 49.7 Å². The van der Waals surface area contributed by atoms with Gasteiger partial charge in [0.2, 0.25) is 0 Å². The fourth-order valence-corrected chi connectivity index (χ4v) is 5.40. The Bertz CT molecular complexity index is 1000. The van der Waals surface area contributed by atoms with Crippen molar-refractivity contribution >= 4 is 12.1 Å². The molecule has 2 aliphatic heterocycles. The third kappa shape index (κ3) is 5.12. The second-order valence-corrected chi connectivity index (χ2v) is 9.87. The molecule has 1 amide bonds. The zero-order chi connectivity index (χ0) is 26.4. The number of hydrogen-bond acceptors (Lipinski definition) is 4. The van der Waals surface area contributed by atoms with E-state index in [-0.39, 0.29) is 44.3 Å². The van der Waals surface area contributed by atoms with E-state index in [1.165, 1.54) is 4.90 Å². The molecule has 13 heteroatoms. The maximum Gasteiger partial charge on any atom is 0.422 e. The molecule has 2 heterocycles. The number of amides is 1. The summed E-state index contributed by atoms with van der Waals surface area (Å²) in [4.78, 5) is 26.6. The number of carbonyl (C=O) groups excluding carboxylic acids is 1. The van der Waals surface area contributed by atoms with E-state index in [1.54, 1.807) is 4.90 Å². The molecule has 0 atom stereocenters. The maximum absolute atomic E-state index is 14.3. The van der Waals surface area contributed by atoms with Crippen LogP contribution in [0.2, 0.25) is 0 Å². The highest BCUT2D eigenvalue weighted by Gasteiger charge is 2.48. The second-order valence-electron chi connectivity index (χ2n) is 9.87. The van der Waals surface area contributed by atoms with Gasteiger partial charge in [0.25, 0.3) is 0 Å². The Kier molecular flexibility index (Phi) is 7.15. The first-order valence-corrected chi connectivity index (χ1v) is 11.7. The van der Waals surface area contributed by atoms with Crippen molar-refractivity contribution in [2.45, 2.75) is 56.8 Å². The van der Waals surface area contributed by atoms with Crippen molar-refractivity contribution in [3.63, 3.8) is 0 Å². The molecule has 1 aliphatic carbocycles. The molecular formula is C23H25F7N2O4. The molecule has 36 heavy (non-hydrogen) atoms. The number of nitrogens with zero attached hydrogens (tertiary/aromatic N) is 2. The van der Waals surface area contributed by atoms with Crippen LogP contribution in [0, 0.1) is 35.1 Å². The van der Waals surface area contributed by atoms with Crippen LogP contribution < -0.4 is 0 Å². The van der Waals surface area contributed by atoms with Crippen LogP contribution in [0.25, 0.3) is 0 Å². The van der Waals surface area contributed by atoms with Gasteiger partial charge in [-0.15, -0.1) is 0 Å². The molecule has 1 spiro atoms. The lowest BCUT2D eigenvalue weighted by molar-refractivity contribution is -0.144. The lowest BCUT2D eigenvalue weighted by atomic mass is 9.81. The van der Waals surface area contributed by atoms with Gasteiger partial charge >= 0.3 is 18.2 Å². The summed E-state index contributed by atoms with van der Waals surface area (Å²) in [6.45, 7) is 0.328. The van der Waals surface area contributed by atoms with Gasteiger partial charge in [-0.05, 0) is 31.6 Å². The Labute approximate surface area is 202 Å². The summed E-state index contributed by atoms with van der Waals surface area (Å²) in [5, 5.41) is 9.12. The summed E-state index contributed by atoms with van der Waals surface area (Å²) in [6, 6.07) is 0. The third-order valence-corrected chi connectivity index (χ3v) is 7.50. The normalized spacial score (nSPS) is 24.9. The van der Waals surface area contributed by atoms with Crippen molar-refractivity contribution in [1.82, 2.24) is 9.80 Å². The Hall–Kier alpha value is -2.57. The molecule has 200 valence electrons. The highest BCUT2D eigenvalue weighted by Crippen LogP contribution is 2.39. The number of hydrogen-bond donors (Lipinski definition) is 1. The van der Waals surface area contributed by atoms with Gasteiger partial charge < -0.3 is 14.7 Å². The number of aliphatic carboxylic acids is 1. The Balaban J connectivity index is 1.36. The van der Waals surface area contributed by atoms with Crippen LogP contribution in [-0.2, 0) is 22.3 Å². The van der Waals surface area contributed by atoms with Crippen molar-refractivity contribution in [2.24, 2.45) is 11.8 Å². The number of rotatable bonds is 5. The first kappa shape index (κ1) is 26.5. The summed E-state index contributed by atoms with van der Waals surface area (Å²) in [6.07, 6.45) is -3.14. The monoisotopic (exact) mass is 526 g/mol. The van der Waals surface area contributed by atoms with Crippen molar-refractivity contribution < 1.29 is 50.2 Å². The maximum atomic E-state index is 14.3. The highest BCUT2D eigenvalue weighted by molar-refractivity contribution is 5.71. The Morgan fingerprint density at radius 3 is 2.03 bits per heavy atom. The minimum Gasteiger partial charge on any atom is -0.481 e. The van der Waals surface area contributed by atoms with Gasteiger partial charge in [-0.25, -0.2) is 22.4 Å². The van der Waals surface area contributed by atoms with Crippen LogP contribution in [0.5, 0.6) is 0 Å². The smallest absolute Gasteiger partial charge is 0.422 e. The summed E-state index contributed by atoms with van der Waals surface area (Å²) >= 11 is 0. The minimum atomic E-state index is -5.60. The SMILES string of the molecule is O=C(O)C1CCC(CN2CC3(CCN(Cc4c(F)c(F)c(C(F)(F)F)c(F)c4F)CC3)OC2=O)CC1. The zero-order valence-electron chi connectivity index (χ0n) is 19.1. The molecule has 0 unspecified atom stereocenters. The van der Waals surface area contributed by atoms with Crippen LogP contribution in [0.3, 0.4) is 0 Å². The van der Waals surface area contributed by atoms with E-state index in [0.29, 0.717) is 32.2 Å². The molecule has 0 bridgehead atoms. The number of carboxylic acids is 1. The van der Waals surface area contributed by atoms with E-state index in [0.717, 1.165) is 0 Å². The average molecular weight is 526 g/mol. The van der Waals surface area contributed by atoms with E-state index in [4.69, 9.17) is 9.84 Å². The molecule has 1 N–H and O–H groups in total. The minimum absolute atomic E-state index is 0.133. The van der Waals surface area contributed by atoms with Crippen LogP contribution in [-0.4, -0.2) is 58.7 Å². The predicted octanol–water partition coefficient (Wildman–Crippen LogP) is 4.94. The van der Waals surface area contributed by atoms with Crippen LogP contribution in [0.15, 0.2) is 0 Å². The number of alkyl halides is 3. The number of halogens is 7. The summed E-state index contributed by atoms with van der Waals surface area (Å²) in [5.41, 5.74) is -4.58. The van der Waals surface area contributed by atoms with Crippen molar-refractivity contribution in [3.8, 4) is 0 Å². The molecule has 0 radical (unpaired) electrons. The molecule has 6 nitrogen and oxygen atoms in total. The number of ether oxygens (including phenoxy) is 1. The van der Waals surface area contributed by atoms with E-state index in [9.17, 15) is 40.3 Å². The van der Waals surface area contributed by atoms with Crippen LogP contribution >= 0.6 is 0 Å². The largest absolute Gasteiger partial charge is 0.481 e. The van der Waals surface area contributed by atoms with E-state index >= 15 is 0 Å². The predicted molar refractivity (Wildman–Crippen MR) is 110 cm³/mol. The zero-order valence-corrected chi connectivity index (χ0v) is 19.1. The number of carbonyl (C=O) groups is 2. The number of carboxylic acid groups (broad SMARTS) is 1. The molecular weight excluding hydrogens is 501 g/mol. The summed E-state index contributed by atoms with van der Waals surface area (Å²) < 4.78 is 100. The van der Waals surface area contributed by atoms with E-state index in [1.807, 2.05) is 0 Å². The Morgan fingerprint density at radius 2 is 1.53 bits per heavy atom. The fraction of sp³-hybridized carbons (Fsp3) is 0.652. The molecule has 1 saturated carbocycles. The van der Waals surface area contributed by atoms with Gasteiger partial charge in [0.1, 0.15) is 11.2 Å². The first-order valence-electron chi connectivity index (χ1n) is 11.7. The third-order valence-electron chi connectivity index (χ3n) is 7.50. The van der Waals surface area contributed by atoms with Crippen molar-refractivity contribution in [1.29, 1.82) is 0 Å². The molecule has 1 aromatic carbocycles. The molecule has 3 aliphatic rings. The van der Waals surface area contributed by atoms with E-state index in [2.05, 4.69) is 0 Å². The molecule has 4 rings (SSSR count). The van der Waals surface area contributed by atoms with E-state index < -0.39 is 64.8 Å². The second kappa shape index (κ2) is 9.71. The van der Waals surface area contributed by atoms with Crippen LogP contribution in [0.4, 0.5) is 35.5 Å².